The zero-order chi connectivity index (χ0) is 21.5. The van der Waals surface area contributed by atoms with E-state index in [0.29, 0.717) is 23.3 Å². The van der Waals surface area contributed by atoms with E-state index in [4.69, 9.17) is 4.74 Å². The number of ether oxygens (including phenoxy) is 1. The van der Waals surface area contributed by atoms with Gasteiger partial charge in [-0.2, -0.15) is 0 Å². The summed E-state index contributed by atoms with van der Waals surface area (Å²) in [6.07, 6.45) is 1.65. The molecule has 4 rings (SSSR count). The first-order valence-corrected chi connectivity index (χ1v) is 11.3. The van der Waals surface area contributed by atoms with Gasteiger partial charge in [0.15, 0.2) is 9.84 Å². The highest BCUT2D eigenvalue weighted by Crippen LogP contribution is 2.34. The lowest BCUT2D eigenvalue weighted by molar-refractivity contribution is -0.136. The third-order valence-corrected chi connectivity index (χ3v) is 6.41. The number of imide groups is 1. The first-order valence-electron chi connectivity index (χ1n) is 9.42. The Bertz CT molecular complexity index is 1140. The molecule has 1 atom stereocenters. The van der Waals surface area contributed by atoms with Gasteiger partial charge in [0.1, 0.15) is 18.4 Å². The predicted molar refractivity (Wildman–Crippen MR) is 106 cm³/mol. The fraction of sp³-hybridized carbons (Fsp3) is 0.286. The molecule has 3 amide bonds. The Balaban J connectivity index is 1.50. The molecule has 2 aromatic carbocycles. The number of sulfone groups is 1. The number of hydrogen-bond acceptors (Lipinski definition) is 6. The molecule has 1 fully saturated rings. The molecule has 2 aliphatic heterocycles. The average molecular weight is 428 g/mol. The highest BCUT2D eigenvalue weighted by Gasteiger charge is 2.40. The average Bonchev–Trinajstić information content (AvgIpc) is 3.03. The number of carbonyl (C=O) groups is 3. The molecule has 0 radical (unpaired) electrons. The Kier molecular flexibility index (Phi) is 5.07. The van der Waals surface area contributed by atoms with Crippen LogP contribution in [0.2, 0.25) is 0 Å². The highest BCUT2D eigenvalue weighted by molar-refractivity contribution is 7.90. The summed E-state index contributed by atoms with van der Waals surface area (Å²) in [5.41, 5.74) is 1.95. The Labute approximate surface area is 173 Å². The van der Waals surface area contributed by atoms with Crippen LogP contribution in [0.4, 0.5) is 0 Å². The minimum Gasteiger partial charge on any atom is -0.489 e. The second-order valence-electron chi connectivity index (χ2n) is 7.39. The smallest absolute Gasteiger partial charge is 0.255 e. The first kappa shape index (κ1) is 20.1. The van der Waals surface area contributed by atoms with E-state index in [1.807, 2.05) is 0 Å². The lowest BCUT2D eigenvalue weighted by atomic mass is 10.0. The van der Waals surface area contributed by atoms with Crippen molar-refractivity contribution in [1.82, 2.24) is 10.2 Å². The van der Waals surface area contributed by atoms with Gasteiger partial charge in [-0.05, 0) is 36.2 Å². The standard InChI is InChI=1S/C21H20N2O6S/c1-30(27,28)14-7-5-13(6-8-14)12-29-18-4-2-3-15-16(18)11-23(21(15)26)17-9-10-19(24)22-20(17)25/h2-8,17H,9-12H2,1H3,(H,22,24,25). The first-order chi connectivity index (χ1) is 14.2. The third kappa shape index (κ3) is 3.80. The van der Waals surface area contributed by atoms with E-state index in [-0.39, 0.29) is 36.3 Å². The molecule has 8 nitrogen and oxygen atoms in total. The van der Waals surface area contributed by atoms with Gasteiger partial charge in [0.05, 0.1) is 11.4 Å². The SMILES string of the molecule is CS(=O)(=O)c1ccc(COc2cccc3c2CN(C2CCC(=O)NC2=O)C3=O)cc1. The number of piperidine rings is 1. The molecule has 0 aliphatic carbocycles. The molecular formula is C21H20N2O6S. The minimum atomic E-state index is -3.26. The Morgan fingerprint density at radius 3 is 2.50 bits per heavy atom. The largest absolute Gasteiger partial charge is 0.489 e. The number of rotatable bonds is 5. The van der Waals surface area contributed by atoms with Crippen molar-refractivity contribution in [3.63, 3.8) is 0 Å². The van der Waals surface area contributed by atoms with Crippen LogP contribution in [-0.4, -0.2) is 43.3 Å². The maximum atomic E-state index is 12.8. The van der Waals surface area contributed by atoms with E-state index >= 15 is 0 Å². The summed E-state index contributed by atoms with van der Waals surface area (Å²) in [5, 5.41) is 2.28. The highest BCUT2D eigenvalue weighted by atomic mass is 32.2. The molecule has 0 spiro atoms. The quantitative estimate of drug-likeness (QED) is 0.722. The molecule has 2 aliphatic rings. The molecule has 0 aromatic heterocycles. The molecule has 156 valence electrons. The fourth-order valence-corrected chi connectivity index (χ4v) is 4.32. The summed E-state index contributed by atoms with van der Waals surface area (Å²) in [5.74, 6) is -0.516. The summed E-state index contributed by atoms with van der Waals surface area (Å²) in [6, 6.07) is 10.9. The topological polar surface area (TPSA) is 110 Å². The monoisotopic (exact) mass is 428 g/mol. The summed E-state index contributed by atoms with van der Waals surface area (Å²) in [7, 11) is -3.26. The maximum Gasteiger partial charge on any atom is 0.255 e. The van der Waals surface area contributed by atoms with E-state index in [2.05, 4.69) is 5.32 Å². The van der Waals surface area contributed by atoms with Gasteiger partial charge < -0.3 is 9.64 Å². The van der Waals surface area contributed by atoms with Crippen molar-refractivity contribution in [3.8, 4) is 5.75 Å². The Hall–Kier alpha value is -3.20. The zero-order valence-corrected chi connectivity index (χ0v) is 17.1. The molecule has 30 heavy (non-hydrogen) atoms. The lowest BCUT2D eigenvalue weighted by Gasteiger charge is -2.29. The van der Waals surface area contributed by atoms with Gasteiger partial charge in [0.25, 0.3) is 5.91 Å². The van der Waals surface area contributed by atoms with Crippen molar-refractivity contribution in [2.24, 2.45) is 0 Å². The second-order valence-corrected chi connectivity index (χ2v) is 9.40. The second kappa shape index (κ2) is 7.56. The minimum absolute atomic E-state index is 0.198. The summed E-state index contributed by atoms with van der Waals surface area (Å²) in [4.78, 5) is 38.1. The zero-order valence-electron chi connectivity index (χ0n) is 16.3. The normalized spacial score (nSPS) is 18.9. The van der Waals surface area contributed by atoms with Crippen molar-refractivity contribution in [2.75, 3.05) is 6.26 Å². The van der Waals surface area contributed by atoms with Gasteiger partial charge >= 0.3 is 0 Å². The molecule has 0 saturated carbocycles. The molecule has 2 heterocycles. The Morgan fingerprint density at radius 2 is 1.83 bits per heavy atom. The van der Waals surface area contributed by atoms with Crippen LogP contribution in [0.3, 0.4) is 0 Å². The molecule has 1 unspecified atom stereocenters. The summed E-state index contributed by atoms with van der Waals surface area (Å²) >= 11 is 0. The van der Waals surface area contributed by atoms with E-state index in [1.165, 1.54) is 17.0 Å². The van der Waals surface area contributed by atoms with Crippen LogP contribution in [0, 0.1) is 0 Å². The van der Waals surface area contributed by atoms with E-state index in [0.717, 1.165) is 11.8 Å². The molecule has 1 saturated heterocycles. The van der Waals surface area contributed by atoms with Gasteiger partial charge in [-0.25, -0.2) is 8.42 Å². The van der Waals surface area contributed by atoms with Crippen molar-refractivity contribution >= 4 is 27.6 Å². The molecule has 1 N–H and O–H groups in total. The van der Waals surface area contributed by atoms with Gasteiger partial charge in [0, 0.05) is 23.8 Å². The maximum absolute atomic E-state index is 12.8. The number of nitrogens with one attached hydrogen (secondary N) is 1. The molecule has 0 bridgehead atoms. The number of amides is 3. The number of fused-ring (bicyclic) bond motifs is 1. The molecule has 9 heteroatoms. The van der Waals surface area contributed by atoms with Crippen LogP contribution >= 0.6 is 0 Å². The van der Waals surface area contributed by atoms with Gasteiger partial charge in [-0.1, -0.05) is 18.2 Å². The van der Waals surface area contributed by atoms with Crippen LogP contribution in [0.15, 0.2) is 47.4 Å². The van der Waals surface area contributed by atoms with Crippen molar-refractivity contribution in [1.29, 1.82) is 0 Å². The van der Waals surface area contributed by atoms with Crippen LogP contribution in [0.5, 0.6) is 5.75 Å². The van der Waals surface area contributed by atoms with E-state index in [9.17, 15) is 22.8 Å². The third-order valence-electron chi connectivity index (χ3n) is 5.28. The van der Waals surface area contributed by atoms with Crippen LogP contribution in [-0.2, 0) is 32.6 Å². The Morgan fingerprint density at radius 1 is 1.10 bits per heavy atom. The van der Waals surface area contributed by atoms with E-state index < -0.39 is 21.8 Å². The van der Waals surface area contributed by atoms with Crippen LogP contribution in [0.1, 0.15) is 34.3 Å². The number of carbonyl (C=O) groups excluding carboxylic acids is 3. The molecule has 2 aromatic rings. The number of hydrogen-bond donors (Lipinski definition) is 1. The summed E-state index contributed by atoms with van der Waals surface area (Å²) < 4.78 is 29.0. The number of benzene rings is 2. The lowest BCUT2D eigenvalue weighted by Crippen LogP contribution is -2.52. The molecular weight excluding hydrogens is 408 g/mol. The van der Waals surface area contributed by atoms with Crippen LogP contribution < -0.4 is 10.1 Å². The number of nitrogens with zero attached hydrogens (tertiary/aromatic N) is 1. The fourth-order valence-electron chi connectivity index (χ4n) is 3.69. The predicted octanol–water partition coefficient (Wildman–Crippen LogP) is 1.43. The van der Waals surface area contributed by atoms with Gasteiger partial charge in [-0.3, -0.25) is 19.7 Å². The van der Waals surface area contributed by atoms with Gasteiger partial charge in [0.2, 0.25) is 11.8 Å². The van der Waals surface area contributed by atoms with Crippen LogP contribution in [0.25, 0.3) is 0 Å². The van der Waals surface area contributed by atoms with Crippen molar-refractivity contribution < 1.29 is 27.5 Å². The van der Waals surface area contributed by atoms with Crippen molar-refractivity contribution in [3.05, 3.63) is 59.2 Å². The summed E-state index contributed by atoms with van der Waals surface area (Å²) in [6.45, 7) is 0.427. The van der Waals surface area contributed by atoms with Crippen molar-refractivity contribution in [2.45, 2.75) is 36.9 Å². The van der Waals surface area contributed by atoms with E-state index in [1.54, 1.807) is 30.3 Å². The van der Waals surface area contributed by atoms with Gasteiger partial charge in [-0.15, -0.1) is 0 Å².